The lowest BCUT2D eigenvalue weighted by atomic mass is 10.1. The van der Waals surface area contributed by atoms with Crippen molar-refractivity contribution in [2.24, 2.45) is 0 Å². The number of halogens is 1. The molecule has 0 radical (unpaired) electrons. The maximum absolute atomic E-state index is 13.0. The van der Waals surface area contributed by atoms with Gasteiger partial charge in [0.05, 0.1) is 0 Å². The van der Waals surface area contributed by atoms with E-state index in [9.17, 15) is 9.59 Å². The lowest BCUT2D eigenvalue weighted by Gasteiger charge is -2.22. The molecule has 0 aliphatic carbocycles. The smallest absolute Gasteiger partial charge is 0.274 e. The van der Waals surface area contributed by atoms with Crippen LogP contribution in [0.15, 0.2) is 24.3 Å². The van der Waals surface area contributed by atoms with Crippen LogP contribution in [0.4, 0.5) is 0 Å². The molecular weight excluding hydrogens is 378 g/mol. The predicted molar refractivity (Wildman–Crippen MR) is 109 cm³/mol. The molecule has 1 aromatic heterocycles. The van der Waals surface area contributed by atoms with E-state index in [2.05, 4.69) is 15.5 Å². The molecule has 2 amide bonds. The van der Waals surface area contributed by atoms with E-state index in [4.69, 9.17) is 0 Å². The van der Waals surface area contributed by atoms with Crippen molar-refractivity contribution in [1.29, 1.82) is 0 Å². The van der Waals surface area contributed by atoms with Crippen molar-refractivity contribution in [2.45, 2.75) is 26.3 Å². The maximum Gasteiger partial charge on any atom is 0.274 e. The number of aromatic nitrogens is 2. The first kappa shape index (κ1) is 20.4. The Labute approximate surface area is 170 Å². The molecule has 0 unspecified atom stereocenters. The molecule has 0 bridgehead atoms. The number of fused-ring (bicyclic) bond motifs is 1. The summed E-state index contributed by atoms with van der Waals surface area (Å²) < 4.78 is 0. The standard InChI is InChI=1S/C20H25N5O2.ClH/c1-14-4-2-5-15(12-14)19(26)24-8-3-9-25(11-10-24)20(27)18-16-13-21-7-6-17(16)22-23-18;/h2,4-5,12,21H,3,6-11,13H2,1H3,(H,22,23);1H. The van der Waals surface area contributed by atoms with Crippen LogP contribution < -0.4 is 5.32 Å². The summed E-state index contributed by atoms with van der Waals surface area (Å²) in [5, 5.41) is 10.6. The van der Waals surface area contributed by atoms with Crippen molar-refractivity contribution in [1.82, 2.24) is 25.3 Å². The Hall–Kier alpha value is -2.38. The molecule has 2 aliphatic rings. The van der Waals surface area contributed by atoms with Gasteiger partial charge in [0.1, 0.15) is 0 Å². The highest BCUT2D eigenvalue weighted by Gasteiger charge is 2.28. The van der Waals surface area contributed by atoms with Crippen LogP contribution in [0, 0.1) is 6.92 Å². The number of carbonyl (C=O) groups excluding carboxylic acids is 2. The van der Waals surface area contributed by atoms with Crippen molar-refractivity contribution >= 4 is 24.2 Å². The van der Waals surface area contributed by atoms with Gasteiger partial charge < -0.3 is 15.1 Å². The molecule has 0 spiro atoms. The third-order valence-corrected chi connectivity index (χ3v) is 5.34. The van der Waals surface area contributed by atoms with Crippen molar-refractivity contribution in [3.8, 4) is 0 Å². The minimum atomic E-state index is -0.0407. The van der Waals surface area contributed by atoms with Gasteiger partial charge in [0.2, 0.25) is 0 Å². The average Bonchev–Trinajstić information content (AvgIpc) is 2.96. The number of aromatic amines is 1. The molecule has 1 saturated heterocycles. The molecule has 7 nitrogen and oxygen atoms in total. The van der Waals surface area contributed by atoms with Crippen LogP contribution in [-0.4, -0.2) is 64.5 Å². The third kappa shape index (κ3) is 4.05. The van der Waals surface area contributed by atoms with Gasteiger partial charge in [0.15, 0.2) is 5.69 Å². The molecule has 1 fully saturated rings. The Morgan fingerprint density at radius 2 is 1.82 bits per heavy atom. The summed E-state index contributed by atoms with van der Waals surface area (Å²) in [6.45, 7) is 5.96. The van der Waals surface area contributed by atoms with Crippen molar-refractivity contribution in [2.75, 3.05) is 32.7 Å². The summed E-state index contributed by atoms with van der Waals surface area (Å²) in [7, 11) is 0. The number of carbonyl (C=O) groups is 2. The third-order valence-electron chi connectivity index (χ3n) is 5.34. The number of hydrogen-bond acceptors (Lipinski definition) is 4. The predicted octanol–water partition coefficient (Wildman–Crippen LogP) is 1.77. The molecule has 2 aliphatic heterocycles. The second-order valence-corrected chi connectivity index (χ2v) is 7.26. The number of aryl methyl sites for hydroxylation is 1. The summed E-state index contributed by atoms with van der Waals surface area (Å²) in [6, 6.07) is 7.66. The Morgan fingerprint density at radius 1 is 1.07 bits per heavy atom. The fourth-order valence-corrected chi connectivity index (χ4v) is 3.84. The SMILES string of the molecule is Cc1cccc(C(=O)N2CCCN(C(=O)c3n[nH]c4c3CNCC4)CC2)c1.Cl. The summed E-state index contributed by atoms with van der Waals surface area (Å²) in [5.41, 5.74) is 4.36. The van der Waals surface area contributed by atoms with Gasteiger partial charge in [0, 0.05) is 62.5 Å². The zero-order valence-electron chi connectivity index (χ0n) is 16.0. The first-order chi connectivity index (χ1) is 13.1. The molecule has 0 atom stereocenters. The molecule has 1 aromatic carbocycles. The molecule has 28 heavy (non-hydrogen) atoms. The van der Waals surface area contributed by atoms with E-state index in [1.165, 1.54) is 0 Å². The topological polar surface area (TPSA) is 81.3 Å². The lowest BCUT2D eigenvalue weighted by Crippen LogP contribution is -2.38. The summed E-state index contributed by atoms with van der Waals surface area (Å²) in [4.78, 5) is 29.5. The molecule has 150 valence electrons. The van der Waals surface area contributed by atoms with Gasteiger partial charge in [-0.2, -0.15) is 5.10 Å². The summed E-state index contributed by atoms with van der Waals surface area (Å²) in [6.07, 6.45) is 1.64. The van der Waals surface area contributed by atoms with E-state index >= 15 is 0 Å². The molecule has 3 heterocycles. The highest BCUT2D eigenvalue weighted by Crippen LogP contribution is 2.18. The van der Waals surface area contributed by atoms with Crippen LogP contribution >= 0.6 is 12.4 Å². The van der Waals surface area contributed by atoms with Crippen LogP contribution in [0.5, 0.6) is 0 Å². The van der Waals surface area contributed by atoms with Crippen LogP contribution in [0.3, 0.4) is 0 Å². The molecule has 4 rings (SSSR count). The van der Waals surface area contributed by atoms with E-state index in [1.807, 2.05) is 41.0 Å². The van der Waals surface area contributed by atoms with Crippen LogP contribution in [0.25, 0.3) is 0 Å². The van der Waals surface area contributed by atoms with Crippen LogP contribution in [0.2, 0.25) is 0 Å². The monoisotopic (exact) mass is 403 g/mol. The van der Waals surface area contributed by atoms with Gasteiger partial charge in [-0.25, -0.2) is 0 Å². The fourth-order valence-electron chi connectivity index (χ4n) is 3.84. The normalized spacial score (nSPS) is 16.8. The molecule has 2 N–H and O–H groups in total. The minimum Gasteiger partial charge on any atom is -0.337 e. The zero-order valence-corrected chi connectivity index (χ0v) is 16.8. The van der Waals surface area contributed by atoms with Gasteiger partial charge >= 0.3 is 0 Å². The number of benzene rings is 1. The molecule has 2 aromatic rings. The second-order valence-electron chi connectivity index (χ2n) is 7.26. The highest BCUT2D eigenvalue weighted by atomic mass is 35.5. The Kier molecular flexibility index (Phi) is 6.36. The van der Waals surface area contributed by atoms with Crippen LogP contribution in [0.1, 0.15) is 44.1 Å². The minimum absolute atomic E-state index is 0. The maximum atomic E-state index is 13.0. The van der Waals surface area contributed by atoms with Gasteiger partial charge in [-0.05, 0) is 25.5 Å². The van der Waals surface area contributed by atoms with Crippen molar-refractivity contribution in [3.05, 3.63) is 52.3 Å². The fraction of sp³-hybridized carbons (Fsp3) is 0.450. The number of nitrogens with one attached hydrogen (secondary N) is 2. The quantitative estimate of drug-likeness (QED) is 0.800. The first-order valence-corrected chi connectivity index (χ1v) is 9.55. The number of nitrogens with zero attached hydrogens (tertiary/aromatic N) is 3. The van der Waals surface area contributed by atoms with E-state index in [-0.39, 0.29) is 24.2 Å². The largest absolute Gasteiger partial charge is 0.337 e. The number of H-pyrrole nitrogens is 1. The lowest BCUT2D eigenvalue weighted by molar-refractivity contribution is 0.0715. The average molecular weight is 404 g/mol. The zero-order chi connectivity index (χ0) is 18.8. The first-order valence-electron chi connectivity index (χ1n) is 9.55. The van der Waals surface area contributed by atoms with Gasteiger partial charge in [-0.15, -0.1) is 12.4 Å². The van der Waals surface area contributed by atoms with E-state index in [1.54, 1.807) is 0 Å². The van der Waals surface area contributed by atoms with Gasteiger partial charge in [0.25, 0.3) is 11.8 Å². The summed E-state index contributed by atoms with van der Waals surface area (Å²) >= 11 is 0. The Balaban J connectivity index is 0.00000225. The summed E-state index contributed by atoms with van der Waals surface area (Å²) in [5.74, 6) is -0.00426. The van der Waals surface area contributed by atoms with Crippen LogP contribution in [-0.2, 0) is 13.0 Å². The number of amides is 2. The Morgan fingerprint density at radius 3 is 2.57 bits per heavy atom. The number of rotatable bonds is 2. The molecular formula is C20H26ClN5O2. The van der Waals surface area contributed by atoms with E-state index in [0.29, 0.717) is 44.0 Å². The van der Waals surface area contributed by atoms with E-state index in [0.717, 1.165) is 36.2 Å². The van der Waals surface area contributed by atoms with Crippen molar-refractivity contribution in [3.63, 3.8) is 0 Å². The molecule has 8 heteroatoms. The molecule has 0 saturated carbocycles. The number of hydrogen-bond donors (Lipinski definition) is 2. The van der Waals surface area contributed by atoms with Gasteiger partial charge in [-0.1, -0.05) is 17.7 Å². The van der Waals surface area contributed by atoms with Crippen molar-refractivity contribution < 1.29 is 9.59 Å². The Bertz CT molecular complexity index is 866. The van der Waals surface area contributed by atoms with Gasteiger partial charge in [-0.3, -0.25) is 14.7 Å². The van der Waals surface area contributed by atoms with E-state index < -0.39 is 0 Å². The highest BCUT2D eigenvalue weighted by molar-refractivity contribution is 5.95. The second kappa shape index (κ2) is 8.75.